The molecule has 0 aromatic carbocycles. The molecule has 0 spiro atoms. The molecule has 1 amide bonds. The van der Waals surface area contributed by atoms with E-state index in [0.29, 0.717) is 5.69 Å². The van der Waals surface area contributed by atoms with Gasteiger partial charge in [-0.15, -0.1) is 0 Å². The second-order valence-electron chi connectivity index (χ2n) is 4.62. The molecular weight excluding hydrogens is 254 g/mol. The number of aryl methyl sites for hydroxylation is 2. The number of aromatic nitrogens is 4. The number of H-pyrrole nitrogens is 1. The van der Waals surface area contributed by atoms with Crippen molar-refractivity contribution in [3.8, 4) is 0 Å². The third-order valence-electron chi connectivity index (χ3n) is 3.34. The average molecular weight is 275 g/mol. The molecule has 2 heterocycles. The maximum Gasteiger partial charge on any atom is 0.268 e. The van der Waals surface area contributed by atoms with E-state index in [1.54, 1.807) is 4.68 Å². The zero-order valence-corrected chi connectivity index (χ0v) is 12.2. The molecule has 6 nitrogen and oxygen atoms in total. The molecule has 6 heteroatoms. The Morgan fingerprint density at radius 2 is 2.20 bits per heavy atom. The second-order valence-corrected chi connectivity index (χ2v) is 4.62. The Hall–Kier alpha value is -2.11. The number of nitrogens with zero attached hydrogens (tertiary/aromatic N) is 3. The Labute approximate surface area is 118 Å². The number of carbonyl (C=O) groups is 1. The van der Waals surface area contributed by atoms with Crippen molar-refractivity contribution in [1.29, 1.82) is 0 Å². The summed E-state index contributed by atoms with van der Waals surface area (Å²) >= 11 is 0. The highest BCUT2D eigenvalue weighted by molar-refractivity contribution is 5.92. The number of rotatable bonds is 6. The highest BCUT2D eigenvalue weighted by Crippen LogP contribution is 2.14. The summed E-state index contributed by atoms with van der Waals surface area (Å²) in [6.07, 6.45) is 3.18. The molecule has 0 aliphatic heterocycles. The van der Waals surface area contributed by atoms with Crippen LogP contribution in [-0.2, 0) is 13.0 Å². The fraction of sp³-hybridized carbons (Fsp3) is 0.500. The Morgan fingerprint density at radius 1 is 1.40 bits per heavy atom. The number of hydrogen-bond donors (Lipinski definition) is 2. The van der Waals surface area contributed by atoms with Crippen molar-refractivity contribution in [2.75, 3.05) is 0 Å². The van der Waals surface area contributed by atoms with E-state index in [2.05, 4.69) is 20.4 Å². The molecule has 0 saturated carbocycles. The zero-order chi connectivity index (χ0) is 14.5. The molecular formula is C14H21N5O. The molecule has 2 aromatic rings. The third-order valence-corrected chi connectivity index (χ3v) is 3.34. The average Bonchev–Trinajstić information content (AvgIpc) is 3.12. The summed E-state index contributed by atoms with van der Waals surface area (Å²) in [6.45, 7) is 6.81. The van der Waals surface area contributed by atoms with Crippen LogP contribution in [-0.4, -0.2) is 25.7 Å². The van der Waals surface area contributed by atoms with Crippen LogP contribution in [0.25, 0.3) is 0 Å². The van der Waals surface area contributed by atoms with Crippen molar-refractivity contribution in [1.82, 2.24) is 25.1 Å². The van der Waals surface area contributed by atoms with Gasteiger partial charge in [0.2, 0.25) is 0 Å². The monoisotopic (exact) mass is 275 g/mol. The van der Waals surface area contributed by atoms with Gasteiger partial charge >= 0.3 is 0 Å². The zero-order valence-electron chi connectivity index (χ0n) is 12.2. The van der Waals surface area contributed by atoms with Gasteiger partial charge in [-0.2, -0.15) is 5.10 Å². The van der Waals surface area contributed by atoms with Gasteiger partial charge < -0.3 is 10.3 Å². The second kappa shape index (κ2) is 6.36. The van der Waals surface area contributed by atoms with Gasteiger partial charge in [0.25, 0.3) is 5.91 Å². The molecule has 0 fully saturated rings. The molecule has 0 bridgehead atoms. The van der Waals surface area contributed by atoms with E-state index < -0.39 is 0 Å². The maximum absolute atomic E-state index is 12.2. The van der Waals surface area contributed by atoms with E-state index in [9.17, 15) is 4.79 Å². The van der Waals surface area contributed by atoms with Crippen LogP contribution in [0.4, 0.5) is 0 Å². The smallest absolute Gasteiger partial charge is 0.268 e. The first-order chi connectivity index (χ1) is 9.69. The van der Waals surface area contributed by atoms with E-state index in [1.807, 2.05) is 32.9 Å². The Balaban J connectivity index is 2.12. The first-order valence-electron chi connectivity index (χ1n) is 7.06. The Kier molecular flexibility index (Phi) is 4.55. The van der Waals surface area contributed by atoms with Crippen LogP contribution in [0.2, 0.25) is 0 Å². The lowest BCUT2D eigenvalue weighted by Gasteiger charge is -2.16. The van der Waals surface area contributed by atoms with Crippen LogP contribution in [0.1, 0.15) is 55.2 Å². The standard InChI is InChI=1S/C14H21N5O/c1-4-10-7-8-12(17-10)14(20)18-11(5-2)13-15-9-16-19(13)6-3/h7-9,11,17H,4-6H2,1-3H3,(H,18,20). The summed E-state index contributed by atoms with van der Waals surface area (Å²) in [6, 6.07) is 3.62. The van der Waals surface area contributed by atoms with Gasteiger partial charge in [-0.1, -0.05) is 13.8 Å². The number of nitrogens with one attached hydrogen (secondary N) is 2. The van der Waals surface area contributed by atoms with Crippen molar-refractivity contribution in [3.63, 3.8) is 0 Å². The number of aromatic amines is 1. The van der Waals surface area contributed by atoms with E-state index in [4.69, 9.17) is 0 Å². The van der Waals surface area contributed by atoms with Gasteiger partial charge in [0, 0.05) is 12.2 Å². The summed E-state index contributed by atoms with van der Waals surface area (Å²) in [5.74, 6) is 0.688. The summed E-state index contributed by atoms with van der Waals surface area (Å²) in [5, 5.41) is 7.15. The number of hydrogen-bond acceptors (Lipinski definition) is 3. The van der Waals surface area contributed by atoms with E-state index >= 15 is 0 Å². The summed E-state index contributed by atoms with van der Waals surface area (Å²) in [7, 11) is 0. The molecule has 0 aliphatic carbocycles. The fourth-order valence-corrected chi connectivity index (χ4v) is 2.15. The molecule has 20 heavy (non-hydrogen) atoms. The number of carbonyl (C=O) groups excluding carboxylic acids is 1. The molecule has 0 saturated heterocycles. The first kappa shape index (κ1) is 14.3. The minimum atomic E-state index is -0.127. The molecule has 1 unspecified atom stereocenters. The molecule has 0 aliphatic rings. The lowest BCUT2D eigenvalue weighted by atomic mass is 10.2. The molecule has 1 atom stereocenters. The van der Waals surface area contributed by atoms with Crippen LogP contribution in [0.15, 0.2) is 18.5 Å². The quantitative estimate of drug-likeness (QED) is 0.847. The van der Waals surface area contributed by atoms with Gasteiger partial charge in [-0.25, -0.2) is 9.67 Å². The Morgan fingerprint density at radius 3 is 2.80 bits per heavy atom. The Bertz CT molecular complexity index is 572. The molecule has 2 N–H and O–H groups in total. The lowest BCUT2D eigenvalue weighted by Crippen LogP contribution is -2.30. The molecule has 108 valence electrons. The van der Waals surface area contributed by atoms with E-state index in [0.717, 1.165) is 30.9 Å². The maximum atomic E-state index is 12.2. The van der Waals surface area contributed by atoms with Crippen LogP contribution in [0, 0.1) is 0 Å². The van der Waals surface area contributed by atoms with Crippen molar-refractivity contribution in [3.05, 3.63) is 35.7 Å². The van der Waals surface area contributed by atoms with Gasteiger partial charge in [0.05, 0.1) is 6.04 Å². The minimum Gasteiger partial charge on any atom is -0.354 e. The predicted octanol–water partition coefficient (Wildman–Crippen LogP) is 2.07. The van der Waals surface area contributed by atoms with Crippen LogP contribution >= 0.6 is 0 Å². The van der Waals surface area contributed by atoms with Crippen LogP contribution < -0.4 is 5.32 Å². The van der Waals surface area contributed by atoms with E-state index in [-0.39, 0.29) is 11.9 Å². The highest BCUT2D eigenvalue weighted by atomic mass is 16.2. The topological polar surface area (TPSA) is 75.6 Å². The van der Waals surface area contributed by atoms with E-state index in [1.165, 1.54) is 6.33 Å². The molecule has 2 aromatic heterocycles. The first-order valence-corrected chi connectivity index (χ1v) is 7.06. The lowest BCUT2D eigenvalue weighted by molar-refractivity contribution is 0.0928. The highest BCUT2D eigenvalue weighted by Gasteiger charge is 2.19. The van der Waals surface area contributed by atoms with Crippen LogP contribution in [0.5, 0.6) is 0 Å². The number of amides is 1. The van der Waals surface area contributed by atoms with Crippen molar-refractivity contribution in [2.24, 2.45) is 0 Å². The summed E-state index contributed by atoms with van der Waals surface area (Å²) in [5.41, 5.74) is 1.64. The van der Waals surface area contributed by atoms with Gasteiger partial charge in [0.15, 0.2) is 0 Å². The fourth-order valence-electron chi connectivity index (χ4n) is 2.15. The van der Waals surface area contributed by atoms with Crippen molar-refractivity contribution < 1.29 is 4.79 Å². The predicted molar refractivity (Wildman–Crippen MR) is 76.4 cm³/mol. The SMILES string of the molecule is CCc1ccc(C(=O)NC(CC)c2ncnn2CC)[nH]1. The summed E-state index contributed by atoms with van der Waals surface area (Å²) < 4.78 is 1.81. The molecule has 0 radical (unpaired) electrons. The van der Waals surface area contributed by atoms with Crippen molar-refractivity contribution in [2.45, 2.75) is 46.2 Å². The van der Waals surface area contributed by atoms with Crippen LogP contribution in [0.3, 0.4) is 0 Å². The van der Waals surface area contributed by atoms with Gasteiger partial charge in [-0.3, -0.25) is 4.79 Å². The van der Waals surface area contributed by atoms with Crippen molar-refractivity contribution >= 4 is 5.91 Å². The summed E-state index contributed by atoms with van der Waals surface area (Å²) in [4.78, 5) is 19.6. The largest absolute Gasteiger partial charge is 0.354 e. The van der Waals surface area contributed by atoms with Gasteiger partial charge in [-0.05, 0) is 31.9 Å². The third kappa shape index (κ3) is 2.89. The minimum absolute atomic E-state index is 0.109. The molecule has 2 rings (SSSR count). The van der Waals surface area contributed by atoms with Gasteiger partial charge in [0.1, 0.15) is 17.8 Å². The normalized spacial score (nSPS) is 12.3.